The normalized spacial score (nSPS) is 15.3. The topological polar surface area (TPSA) is 226 Å². The Morgan fingerprint density at radius 2 is 0.847 bits per heavy atom. The van der Waals surface area contributed by atoms with Gasteiger partial charge < -0.3 is 30.2 Å². The highest BCUT2D eigenvalue weighted by Crippen LogP contribution is 2.28. The second-order valence-electron chi connectivity index (χ2n) is 20.5. The van der Waals surface area contributed by atoms with Crippen LogP contribution in [0.25, 0.3) is 67.2 Å². The summed E-state index contributed by atoms with van der Waals surface area (Å²) in [5, 5.41) is 20.6. The number of fused-ring (bicyclic) bond motifs is 12. The molecule has 4 aliphatic heterocycles. The van der Waals surface area contributed by atoms with Gasteiger partial charge in [0, 0.05) is 64.1 Å². The predicted octanol–water partition coefficient (Wildman–Crippen LogP) is 8.54. The second kappa shape index (κ2) is 24.6. The Morgan fingerprint density at radius 3 is 1.21 bits per heavy atom. The number of rotatable bonds is 6. The van der Waals surface area contributed by atoms with E-state index in [0.717, 1.165) is 90.6 Å². The average Bonchev–Trinajstić information content (AvgIpc) is 2.74. The second-order valence-corrected chi connectivity index (χ2v) is 22.8. The van der Waals surface area contributed by atoms with E-state index in [9.17, 15) is 17.9 Å². The van der Waals surface area contributed by atoms with E-state index in [2.05, 4.69) is 61.1 Å². The molecule has 21 nitrogen and oxygen atoms in total. The number of alkyl halides is 1. The summed E-state index contributed by atoms with van der Waals surface area (Å²) in [6.07, 6.45) is 6.45. The Bertz CT molecular complexity index is 4480. The minimum atomic E-state index is -3.76. The maximum atomic E-state index is 12.8. The summed E-state index contributed by atoms with van der Waals surface area (Å²) in [4.78, 5) is 41.9. The Hall–Kier alpha value is -8.49. The van der Waals surface area contributed by atoms with Crippen molar-refractivity contribution in [3.63, 3.8) is 0 Å². The molecule has 436 valence electrons. The number of hydrogen-bond acceptors (Lipinski definition) is 17. The van der Waals surface area contributed by atoms with Crippen LogP contribution < -0.4 is 20.0 Å². The van der Waals surface area contributed by atoms with E-state index in [4.69, 9.17) is 9.29 Å². The van der Waals surface area contributed by atoms with Crippen molar-refractivity contribution in [1.29, 1.82) is 0 Å². The Kier molecular flexibility index (Phi) is 16.9. The van der Waals surface area contributed by atoms with Crippen molar-refractivity contribution in [2.24, 2.45) is 0 Å². The van der Waals surface area contributed by atoms with E-state index < -0.39 is 16.3 Å². The van der Waals surface area contributed by atoms with E-state index in [0.29, 0.717) is 56.6 Å². The summed E-state index contributed by atoms with van der Waals surface area (Å²) in [6.45, 7) is 6.61. The lowest BCUT2D eigenvalue weighted by molar-refractivity contribution is 0.117. The van der Waals surface area contributed by atoms with Gasteiger partial charge in [-0.3, -0.25) is 21.8 Å². The minimum absolute atomic E-state index is 0. The lowest BCUT2D eigenvalue weighted by atomic mass is 10.2. The van der Waals surface area contributed by atoms with Gasteiger partial charge in [-0.2, -0.15) is 23.4 Å². The van der Waals surface area contributed by atoms with Gasteiger partial charge in [0.1, 0.15) is 34.3 Å². The molecule has 0 aliphatic carbocycles. The van der Waals surface area contributed by atoms with Crippen LogP contribution in [0.15, 0.2) is 180 Å². The van der Waals surface area contributed by atoms with Crippen molar-refractivity contribution in [2.45, 2.75) is 43.7 Å². The van der Waals surface area contributed by atoms with Gasteiger partial charge >= 0.3 is 0 Å². The number of nitrogens with zero attached hydrogens (tertiary/aromatic N) is 15. The summed E-state index contributed by atoms with van der Waals surface area (Å²) in [7, 11) is -3.76. The number of aromatic nitrogens is 12. The molecule has 17 rings (SSSR count). The van der Waals surface area contributed by atoms with Crippen molar-refractivity contribution >= 4 is 123 Å². The predicted molar refractivity (Wildman–Crippen MR) is 333 cm³/mol. The smallest absolute Gasteiger partial charge is 0.297 e. The van der Waals surface area contributed by atoms with Crippen LogP contribution in [0.1, 0.15) is 13.0 Å². The minimum Gasteiger partial charge on any atom is -0.390 e. The van der Waals surface area contributed by atoms with E-state index in [1.165, 1.54) is 0 Å². The number of imidazole rings is 4. The van der Waals surface area contributed by atoms with Gasteiger partial charge in [-0.05, 0) is 108 Å². The Labute approximate surface area is 501 Å². The number of anilines is 3. The van der Waals surface area contributed by atoms with Crippen molar-refractivity contribution in [2.75, 3.05) is 67.1 Å². The molecule has 4 fully saturated rings. The van der Waals surface area contributed by atoms with Crippen LogP contribution in [0.2, 0.25) is 0 Å². The van der Waals surface area contributed by atoms with Crippen LogP contribution >= 0.6 is 28.3 Å². The summed E-state index contributed by atoms with van der Waals surface area (Å²) in [5.74, 6) is 5.15. The highest BCUT2D eigenvalue weighted by Gasteiger charge is 2.34. The molecule has 0 amide bonds. The van der Waals surface area contributed by atoms with Gasteiger partial charge in [0.25, 0.3) is 10.1 Å². The molecule has 3 N–H and O–H groups in total. The fourth-order valence-electron chi connectivity index (χ4n) is 9.82. The summed E-state index contributed by atoms with van der Waals surface area (Å²) in [6, 6.07) is 46.1. The largest absolute Gasteiger partial charge is 0.390 e. The fourth-order valence-corrected chi connectivity index (χ4v) is 11.2. The third kappa shape index (κ3) is 12.2. The van der Waals surface area contributed by atoms with Gasteiger partial charge in [-0.25, -0.2) is 29.3 Å². The number of aliphatic hydroxyl groups is 2. The molecule has 0 atom stereocenters. The molecule has 25 heteroatoms. The molecule has 0 spiro atoms. The number of halogens is 3. The van der Waals surface area contributed by atoms with Crippen molar-refractivity contribution in [3.8, 4) is 0 Å². The molecule has 0 radical (unpaired) electrons. The summed E-state index contributed by atoms with van der Waals surface area (Å²) in [5.41, 5.74) is 8.93. The van der Waals surface area contributed by atoms with Crippen molar-refractivity contribution < 1.29 is 27.2 Å². The molecular weight excluding hydrogens is 1190 g/mol. The number of nitrogens with one attached hydrogen (secondary N) is 1. The number of benzene rings is 5. The maximum Gasteiger partial charge on any atom is 0.297 e. The fraction of sp³-hybridized carbons (Fsp3) is 0.233. The Balaban J connectivity index is 0.000000117. The summed E-state index contributed by atoms with van der Waals surface area (Å²) < 4.78 is 51.6. The lowest BCUT2D eigenvalue weighted by Gasteiger charge is -2.38. The zero-order chi connectivity index (χ0) is 56.8. The first-order valence-corrected chi connectivity index (χ1v) is 29.1. The van der Waals surface area contributed by atoms with Gasteiger partial charge in [-0.1, -0.05) is 73.7 Å². The number of hydrogen-bond donors (Lipinski definition) is 3. The van der Waals surface area contributed by atoms with Crippen LogP contribution in [0, 0.1) is 6.92 Å². The van der Waals surface area contributed by atoms with Crippen LogP contribution in [-0.4, -0.2) is 153 Å². The molecule has 0 unspecified atom stereocenters. The Morgan fingerprint density at radius 1 is 0.494 bits per heavy atom. The number of para-hydroxylation sites is 8. The van der Waals surface area contributed by atoms with E-state index in [1.54, 1.807) is 24.3 Å². The molecule has 85 heavy (non-hydrogen) atoms. The molecule has 0 saturated carbocycles. The van der Waals surface area contributed by atoms with Crippen LogP contribution in [0.5, 0.6) is 0 Å². The number of β-amino-alcohol motifs (C(OH)–C–C–N with tert-alkyl or cyclic N) is 2. The first-order valence-electron chi connectivity index (χ1n) is 26.9. The molecular formula is C60H59BrClFN16O5S. The lowest BCUT2D eigenvalue weighted by Crippen LogP contribution is -2.53. The van der Waals surface area contributed by atoms with Gasteiger partial charge in [-0.15, -0.1) is 12.4 Å². The third-order valence-electron chi connectivity index (χ3n) is 14.5. The van der Waals surface area contributed by atoms with Crippen LogP contribution in [0.3, 0.4) is 0 Å². The van der Waals surface area contributed by atoms with Gasteiger partial charge in [0.2, 0.25) is 23.1 Å². The zero-order valence-electron chi connectivity index (χ0n) is 45.0. The standard InChI is InChI=1S/C20H18N4O3S.C13H11FN4.C13H12N4O.C10H6BrN3.C3H7NO.CH4.ClH/c1-14-6-8-16(9-7-14)28(25,26)27-15-12-23(13-15)19-10-11-24-18-5-3-2-4-17(18)21-20(24)22-19;14-9-7-17(8-9)12-5-6-18-11-4-2-1-3-10(11)15-13(18)16-12;18-9-7-16(8-9)12-5-6-17-11-4-2-1-3-10(11)14-13(17)15-12;11-9-5-6-14-8-4-2-1-3-7(8)12-10(14)13-9;5-3-1-4-2-3;;/h2-11,15H,12-13H2,1H3;1-6,9H,7-8H2;1-6,9,18H,7-8H2;1-6H;3-5H,1-2H2;1H4;1H. The highest BCUT2D eigenvalue weighted by atomic mass is 79.9. The van der Waals surface area contributed by atoms with E-state index in [-0.39, 0.29) is 43.0 Å². The van der Waals surface area contributed by atoms with E-state index in [1.807, 2.05) is 185 Å². The van der Waals surface area contributed by atoms with Crippen molar-refractivity contribution in [3.05, 3.63) is 181 Å². The van der Waals surface area contributed by atoms with E-state index >= 15 is 0 Å². The SMILES string of the molecule is Brc1ccn2c(n1)nc1ccccc12.C.Cc1ccc(S(=O)(=O)OC2CN(c3ccn4c(n3)nc3ccccc34)C2)cc1.Cl.FC1CN(c2ccn3c(n2)nc2ccccc23)C1.OC1CN(c2ccn3c(n2)nc2ccccc23)C1.OC1CNC1. The molecule has 0 bridgehead atoms. The molecule has 5 aromatic carbocycles. The molecule has 8 aromatic heterocycles. The highest BCUT2D eigenvalue weighted by molar-refractivity contribution is 9.10. The molecule has 4 aliphatic rings. The van der Waals surface area contributed by atoms with Crippen molar-refractivity contribution in [1.82, 2.24) is 62.8 Å². The van der Waals surface area contributed by atoms with Crippen LogP contribution in [-0.2, 0) is 14.3 Å². The quantitative estimate of drug-likeness (QED) is 0.105. The number of aliphatic hydroxyl groups excluding tert-OH is 2. The third-order valence-corrected chi connectivity index (χ3v) is 16.3. The van der Waals surface area contributed by atoms with Gasteiger partial charge in [0.15, 0.2) is 0 Å². The molecule has 12 heterocycles. The molecule has 4 saturated heterocycles. The van der Waals surface area contributed by atoms with Gasteiger partial charge in [0.05, 0.1) is 74.3 Å². The monoisotopic (exact) mass is 1250 g/mol. The molecule has 13 aromatic rings. The summed E-state index contributed by atoms with van der Waals surface area (Å²) >= 11 is 3.33. The first kappa shape index (κ1) is 58.3. The number of aryl methyl sites for hydroxylation is 1. The van der Waals surface area contributed by atoms with Crippen LogP contribution in [0.4, 0.5) is 21.8 Å². The average molecular weight is 1250 g/mol. The zero-order valence-corrected chi connectivity index (χ0v) is 48.3. The maximum absolute atomic E-state index is 12.8. The first-order chi connectivity index (χ1) is 40.3.